The second-order valence-electron chi connectivity index (χ2n) is 3.11. The molecule has 0 aromatic carbocycles. The van der Waals surface area contributed by atoms with Crippen LogP contribution in [0.15, 0.2) is 18.3 Å². The SMILES string of the molecule is CCc1c(C(=O)OC)sc2cccnc12. The van der Waals surface area contributed by atoms with Gasteiger partial charge in [-0.05, 0) is 18.6 Å². The van der Waals surface area contributed by atoms with Gasteiger partial charge in [0.2, 0.25) is 0 Å². The lowest BCUT2D eigenvalue weighted by Crippen LogP contribution is -2.01. The highest BCUT2D eigenvalue weighted by molar-refractivity contribution is 7.20. The topological polar surface area (TPSA) is 39.2 Å². The highest BCUT2D eigenvalue weighted by Gasteiger charge is 2.17. The summed E-state index contributed by atoms with van der Waals surface area (Å²) in [4.78, 5) is 16.5. The van der Waals surface area contributed by atoms with E-state index in [1.807, 2.05) is 19.1 Å². The van der Waals surface area contributed by atoms with E-state index in [-0.39, 0.29) is 5.97 Å². The Morgan fingerprint density at radius 2 is 2.40 bits per heavy atom. The molecule has 2 aromatic rings. The lowest BCUT2D eigenvalue weighted by molar-refractivity contribution is 0.0605. The lowest BCUT2D eigenvalue weighted by atomic mass is 10.1. The number of methoxy groups -OCH3 is 1. The molecule has 4 heteroatoms. The van der Waals surface area contributed by atoms with Crippen LogP contribution in [0.2, 0.25) is 0 Å². The van der Waals surface area contributed by atoms with E-state index >= 15 is 0 Å². The van der Waals surface area contributed by atoms with Gasteiger partial charge in [-0.2, -0.15) is 0 Å². The molecule has 0 spiro atoms. The monoisotopic (exact) mass is 221 g/mol. The number of aromatic nitrogens is 1. The van der Waals surface area contributed by atoms with Crippen molar-refractivity contribution >= 4 is 27.5 Å². The molecule has 0 aliphatic rings. The Kier molecular flexibility index (Phi) is 2.68. The Hall–Kier alpha value is -1.42. The Balaban J connectivity index is 2.69. The Morgan fingerprint density at radius 1 is 1.60 bits per heavy atom. The molecule has 78 valence electrons. The average Bonchev–Trinajstić information content (AvgIpc) is 2.66. The van der Waals surface area contributed by atoms with Crippen LogP contribution in [0.1, 0.15) is 22.2 Å². The van der Waals surface area contributed by atoms with Gasteiger partial charge in [0, 0.05) is 11.8 Å². The number of hydrogen-bond acceptors (Lipinski definition) is 4. The van der Waals surface area contributed by atoms with Gasteiger partial charge in [-0.25, -0.2) is 4.79 Å². The molecule has 2 rings (SSSR count). The van der Waals surface area contributed by atoms with E-state index in [4.69, 9.17) is 4.74 Å². The fourth-order valence-electron chi connectivity index (χ4n) is 1.56. The van der Waals surface area contributed by atoms with Crippen molar-refractivity contribution < 1.29 is 9.53 Å². The van der Waals surface area contributed by atoms with Crippen LogP contribution >= 0.6 is 11.3 Å². The Labute approximate surface area is 91.7 Å². The molecule has 15 heavy (non-hydrogen) atoms. The van der Waals surface area contributed by atoms with Crippen molar-refractivity contribution in [2.24, 2.45) is 0 Å². The van der Waals surface area contributed by atoms with Gasteiger partial charge in [-0.1, -0.05) is 6.92 Å². The van der Waals surface area contributed by atoms with Crippen molar-refractivity contribution in [1.29, 1.82) is 0 Å². The van der Waals surface area contributed by atoms with Gasteiger partial charge < -0.3 is 4.74 Å². The highest BCUT2D eigenvalue weighted by atomic mass is 32.1. The predicted molar refractivity (Wildman–Crippen MR) is 60.3 cm³/mol. The van der Waals surface area contributed by atoms with Crippen molar-refractivity contribution in [2.75, 3.05) is 7.11 Å². The summed E-state index contributed by atoms with van der Waals surface area (Å²) in [5.74, 6) is -0.269. The predicted octanol–water partition coefficient (Wildman–Crippen LogP) is 2.65. The molecule has 3 nitrogen and oxygen atoms in total. The second-order valence-corrected chi connectivity index (χ2v) is 4.16. The molecule has 0 bridgehead atoms. The fraction of sp³-hybridized carbons (Fsp3) is 0.273. The number of rotatable bonds is 2. The third-order valence-corrected chi connectivity index (χ3v) is 3.43. The third kappa shape index (κ3) is 1.61. The summed E-state index contributed by atoms with van der Waals surface area (Å²) in [6.07, 6.45) is 2.54. The molecule has 2 aromatic heterocycles. The van der Waals surface area contributed by atoms with Crippen LogP contribution in [-0.2, 0) is 11.2 Å². The minimum absolute atomic E-state index is 0.269. The van der Waals surface area contributed by atoms with E-state index in [1.165, 1.54) is 18.4 Å². The summed E-state index contributed by atoms with van der Waals surface area (Å²) < 4.78 is 5.79. The Morgan fingerprint density at radius 3 is 3.07 bits per heavy atom. The van der Waals surface area contributed by atoms with Gasteiger partial charge in [-0.15, -0.1) is 11.3 Å². The number of aryl methyl sites for hydroxylation is 1. The maximum Gasteiger partial charge on any atom is 0.348 e. The molecule has 0 radical (unpaired) electrons. The number of nitrogens with zero attached hydrogens (tertiary/aromatic N) is 1. The van der Waals surface area contributed by atoms with Crippen LogP contribution in [-0.4, -0.2) is 18.1 Å². The first-order valence-corrected chi connectivity index (χ1v) is 5.54. The highest BCUT2D eigenvalue weighted by Crippen LogP contribution is 2.30. The fourth-order valence-corrected chi connectivity index (χ4v) is 2.73. The summed E-state index contributed by atoms with van der Waals surface area (Å²) in [5, 5.41) is 0. The molecule has 0 atom stereocenters. The van der Waals surface area contributed by atoms with Crippen LogP contribution in [0.5, 0.6) is 0 Å². The second kappa shape index (κ2) is 3.98. The number of esters is 1. The molecule has 0 aliphatic heterocycles. The van der Waals surface area contributed by atoms with Gasteiger partial charge in [0.1, 0.15) is 4.88 Å². The summed E-state index contributed by atoms with van der Waals surface area (Å²) in [6, 6.07) is 3.85. The number of carbonyl (C=O) groups excluding carboxylic acids is 1. The van der Waals surface area contributed by atoms with E-state index in [1.54, 1.807) is 6.20 Å². The van der Waals surface area contributed by atoms with Gasteiger partial charge in [-0.3, -0.25) is 4.98 Å². The third-order valence-electron chi connectivity index (χ3n) is 2.27. The smallest absolute Gasteiger partial charge is 0.348 e. The Bertz CT molecular complexity index is 504. The number of hydrogen-bond donors (Lipinski definition) is 0. The van der Waals surface area contributed by atoms with E-state index in [9.17, 15) is 4.79 Å². The number of ether oxygens (including phenoxy) is 1. The van der Waals surface area contributed by atoms with Crippen LogP contribution in [0, 0.1) is 0 Å². The zero-order valence-corrected chi connectivity index (χ0v) is 9.43. The zero-order chi connectivity index (χ0) is 10.8. The first-order valence-electron chi connectivity index (χ1n) is 4.72. The minimum atomic E-state index is -0.269. The van der Waals surface area contributed by atoms with E-state index in [0.29, 0.717) is 4.88 Å². The molecule has 0 N–H and O–H groups in total. The minimum Gasteiger partial charge on any atom is -0.465 e. The summed E-state index contributed by atoms with van der Waals surface area (Å²) in [7, 11) is 1.40. The molecule has 0 fully saturated rings. The largest absolute Gasteiger partial charge is 0.465 e. The molecule has 2 heterocycles. The molecular formula is C11H11NO2S. The van der Waals surface area contributed by atoms with Crippen molar-refractivity contribution in [3.8, 4) is 0 Å². The van der Waals surface area contributed by atoms with Crippen LogP contribution < -0.4 is 0 Å². The molecule has 0 saturated carbocycles. The quantitative estimate of drug-likeness (QED) is 0.732. The maximum absolute atomic E-state index is 11.5. The van der Waals surface area contributed by atoms with Crippen molar-refractivity contribution in [2.45, 2.75) is 13.3 Å². The molecule has 0 aliphatic carbocycles. The van der Waals surface area contributed by atoms with Gasteiger partial charge >= 0.3 is 5.97 Å². The normalized spacial score (nSPS) is 10.5. The zero-order valence-electron chi connectivity index (χ0n) is 8.61. The first kappa shape index (κ1) is 10.1. The standard InChI is InChI=1S/C11H11NO2S/c1-3-7-9-8(5-4-6-12-9)15-10(7)11(13)14-2/h4-6H,3H2,1-2H3. The van der Waals surface area contributed by atoms with E-state index in [0.717, 1.165) is 22.2 Å². The maximum atomic E-state index is 11.5. The van der Waals surface area contributed by atoms with Crippen LogP contribution in [0.3, 0.4) is 0 Å². The first-order chi connectivity index (χ1) is 7.27. The van der Waals surface area contributed by atoms with E-state index in [2.05, 4.69) is 4.98 Å². The van der Waals surface area contributed by atoms with Crippen LogP contribution in [0.4, 0.5) is 0 Å². The summed E-state index contributed by atoms with van der Waals surface area (Å²) in [5.41, 5.74) is 1.91. The average molecular weight is 221 g/mol. The van der Waals surface area contributed by atoms with Gasteiger partial charge in [0.25, 0.3) is 0 Å². The summed E-state index contributed by atoms with van der Waals surface area (Å²) >= 11 is 1.44. The van der Waals surface area contributed by atoms with Crippen LogP contribution in [0.25, 0.3) is 10.2 Å². The molecule has 0 saturated heterocycles. The van der Waals surface area contributed by atoms with Gasteiger partial charge in [0.15, 0.2) is 0 Å². The number of pyridine rings is 1. The van der Waals surface area contributed by atoms with Crippen molar-refractivity contribution in [1.82, 2.24) is 4.98 Å². The number of carbonyl (C=O) groups is 1. The number of thiophene rings is 1. The van der Waals surface area contributed by atoms with Crippen molar-refractivity contribution in [3.63, 3.8) is 0 Å². The summed E-state index contributed by atoms with van der Waals surface area (Å²) in [6.45, 7) is 2.02. The van der Waals surface area contributed by atoms with Gasteiger partial charge in [0.05, 0.1) is 17.3 Å². The molecule has 0 unspecified atom stereocenters. The number of fused-ring (bicyclic) bond motifs is 1. The molecular weight excluding hydrogens is 210 g/mol. The molecule has 0 amide bonds. The lowest BCUT2D eigenvalue weighted by Gasteiger charge is -1.98. The van der Waals surface area contributed by atoms with E-state index < -0.39 is 0 Å². The van der Waals surface area contributed by atoms with Crippen molar-refractivity contribution in [3.05, 3.63) is 28.8 Å².